The monoisotopic (exact) mass is 342 g/mol. The van der Waals surface area contributed by atoms with Crippen molar-refractivity contribution in [3.63, 3.8) is 0 Å². The second-order valence-electron chi connectivity index (χ2n) is 6.17. The van der Waals surface area contributed by atoms with Gasteiger partial charge in [-0.1, -0.05) is 41.9 Å². The molecule has 0 unspecified atom stereocenters. The van der Waals surface area contributed by atoms with Crippen LogP contribution in [0.1, 0.15) is 11.1 Å². The molecule has 24 heavy (non-hydrogen) atoms. The maximum atomic E-state index is 12.9. The molecule has 2 aliphatic rings. The maximum Gasteiger partial charge on any atom is 0.260 e. The number of benzene rings is 2. The van der Waals surface area contributed by atoms with Gasteiger partial charge in [-0.25, -0.2) is 0 Å². The first-order chi connectivity index (χ1) is 11.5. The second-order valence-corrected chi connectivity index (χ2v) is 6.61. The number of carbonyl (C=O) groups excluding carboxylic acids is 2. The fraction of sp³-hybridized carbons (Fsp3) is 0.222. The van der Waals surface area contributed by atoms with E-state index in [1.165, 1.54) is 4.90 Å². The van der Waals surface area contributed by atoms with Crippen molar-refractivity contribution in [2.24, 2.45) is 5.92 Å². The zero-order valence-electron chi connectivity index (χ0n) is 12.7. The largest absolute Gasteiger partial charge is 0.375 e. The number of likely N-dealkylation sites (tertiary alicyclic amines) is 1. The molecule has 2 aromatic rings. The van der Waals surface area contributed by atoms with Crippen LogP contribution in [0.25, 0.3) is 0 Å². The predicted molar refractivity (Wildman–Crippen MR) is 89.3 cm³/mol. The highest BCUT2D eigenvalue weighted by atomic mass is 35.5. The van der Waals surface area contributed by atoms with Crippen LogP contribution in [0.3, 0.4) is 0 Å². The Kier molecular flexibility index (Phi) is 3.37. The van der Waals surface area contributed by atoms with Crippen LogP contribution in [0, 0.1) is 5.92 Å². The normalized spacial score (nSPS) is 25.2. The van der Waals surface area contributed by atoms with E-state index < -0.39 is 17.4 Å². The van der Waals surface area contributed by atoms with Crippen LogP contribution in [0.4, 0.5) is 5.69 Å². The zero-order valence-corrected chi connectivity index (χ0v) is 13.5. The molecule has 2 atom stereocenters. The molecule has 2 aliphatic heterocycles. The fourth-order valence-corrected chi connectivity index (χ4v) is 3.67. The van der Waals surface area contributed by atoms with Crippen LogP contribution in [0.5, 0.6) is 0 Å². The first kappa shape index (κ1) is 15.2. The van der Waals surface area contributed by atoms with Gasteiger partial charge in [-0.2, -0.15) is 0 Å². The van der Waals surface area contributed by atoms with Gasteiger partial charge in [0.15, 0.2) is 5.60 Å². The minimum absolute atomic E-state index is 0.169. The Labute approximate surface area is 143 Å². The van der Waals surface area contributed by atoms with Crippen LogP contribution in [0.15, 0.2) is 48.5 Å². The smallest absolute Gasteiger partial charge is 0.260 e. The highest BCUT2D eigenvalue weighted by Gasteiger charge is 2.60. The molecule has 0 bridgehead atoms. The molecule has 4 rings (SSSR count). The number of nitrogens with one attached hydrogen (secondary N) is 1. The van der Waals surface area contributed by atoms with Gasteiger partial charge in [0.1, 0.15) is 0 Å². The molecule has 0 aromatic heterocycles. The first-order valence-corrected chi connectivity index (χ1v) is 8.04. The number of aliphatic hydroxyl groups is 1. The van der Waals surface area contributed by atoms with Crippen molar-refractivity contribution in [2.75, 3.05) is 11.9 Å². The number of halogens is 1. The molecule has 0 radical (unpaired) electrons. The summed E-state index contributed by atoms with van der Waals surface area (Å²) in [4.78, 5) is 26.9. The molecule has 1 saturated heterocycles. The molecular formula is C18H15ClN2O3. The second kappa shape index (κ2) is 5.33. The lowest BCUT2D eigenvalue weighted by Crippen LogP contribution is -2.48. The Morgan fingerprint density at radius 3 is 2.71 bits per heavy atom. The standard InChI is InChI=1S/C18H15ClN2O3/c19-12-6-7-15-13(8-12)18(24)14(16(22)20-15)10-21(17(18)23)9-11-4-2-1-3-5-11/h1-8,14,24H,9-10H2,(H,20,22)/t14-,18-/m1/s1. The lowest BCUT2D eigenvalue weighted by atomic mass is 9.79. The van der Waals surface area contributed by atoms with E-state index in [9.17, 15) is 14.7 Å². The van der Waals surface area contributed by atoms with Crippen LogP contribution >= 0.6 is 11.6 Å². The number of anilines is 1. The van der Waals surface area contributed by atoms with Crippen LogP contribution in [0.2, 0.25) is 5.02 Å². The molecule has 2 heterocycles. The molecule has 2 aromatic carbocycles. The highest BCUT2D eigenvalue weighted by molar-refractivity contribution is 6.31. The van der Waals surface area contributed by atoms with E-state index in [1.54, 1.807) is 18.2 Å². The summed E-state index contributed by atoms with van der Waals surface area (Å²) in [7, 11) is 0. The molecule has 1 fully saturated rings. The summed E-state index contributed by atoms with van der Waals surface area (Å²) < 4.78 is 0. The molecule has 5 nitrogen and oxygen atoms in total. The van der Waals surface area contributed by atoms with Gasteiger partial charge in [0.25, 0.3) is 5.91 Å². The minimum Gasteiger partial charge on any atom is -0.375 e. The third kappa shape index (κ3) is 2.12. The number of nitrogens with zero attached hydrogens (tertiary/aromatic N) is 1. The van der Waals surface area contributed by atoms with Crippen molar-refractivity contribution in [1.82, 2.24) is 4.90 Å². The van der Waals surface area contributed by atoms with Crippen LogP contribution < -0.4 is 5.32 Å². The van der Waals surface area contributed by atoms with E-state index in [4.69, 9.17) is 11.6 Å². The highest BCUT2D eigenvalue weighted by Crippen LogP contribution is 2.46. The summed E-state index contributed by atoms with van der Waals surface area (Å²) >= 11 is 6.03. The predicted octanol–water partition coefficient (Wildman–Crippen LogP) is 2.14. The molecule has 2 N–H and O–H groups in total. The van der Waals surface area contributed by atoms with E-state index in [0.29, 0.717) is 22.8 Å². The molecule has 0 spiro atoms. The Morgan fingerprint density at radius 1 is 1.21 bits per heavy atom. The average molecular weight is 343 g/mol. The van der Waals surface area contributed by atoms with Gasteiger partial charge < -0.3 is 15.3 Å². The number of hydrogen-bond donors (Lipinski definition) is 2. The Hall–Kier alpha value is -2.37. The van der Waals surface area contributed by atoms with Crippen molar-refractivity contribution in [3.8, 4) is 0 Å². The van der Waals surface area contributed by atoms with E-state index in [2.05, 4.69) is 5.32 Å². The molecule has 0 aliphatic carbocycles. The van der Waals surface area contributed by atoms with Crippen LogP contribution in [-0.2, 0) is 21.7 Å². The van der Waals surface area contributed by atoms with Gasteiger partial charge in [-0.05, 0) is 23.8 Å². The number of carbonyl (C=O) groups is 2. The quantitative estimate of drug-likeness (QED) is 0.878. The number of hydrogen-bond acceptors (Lipinski definition) is 3. The Bertz CT molecular complexity index is 839. The number of rotatable bonds is 2. The molecular weight excluding hydrogens is 328 g/mol. The van der Waals surface area contributed by atoms with E-state index >= 15 is 0 Å². The van der Waals surface area contributed by atoms with Crippen molar-refractivity contribution in [2.45, 2.75) is 12.1 Å². The Balaban J connectivity index is 1.75. The minimum atomic E-state index is -1.86. The Morgan fingerprint density at radius 2 is 1.96 bits per heavy atom. The van der Waals surface area contributed by atoms with Crippen LogP contribution in [-0.4, -0.2) is 28.4 Å². The summed E-state index contributed by atoms with van der Waals surface area (Å²) in [5.41, 5.74) is -0.129. The molecule has 2 amide bonds. The number of fused-ring (bicyclic) bond motifs is 3. The lowest BCUT2D eigenvalue weighted by molar-refractivity contribution is -0.150. The van der Waals surface area contributed by atoms with Crippen molar-refractivity contribution in [3.05, 3.63) is 64.7 Å². The summed E-state index contributed by atoms with van der Waals surface area (Å²) in [5, 5.41) is 14.3. The summed E-state index contributed by atoms with van der Waals surface area (Å²) in [5.74, 6) is -1.66. The SMILES string of the molecule is O=C1Nc2ccc(Cl)cc2[C@]2(O)C(=O)N(Cc3ccccc3)C[C@H]12. The average Bonchev–Trinajstić information content (AvgIpc) is 2.83. The van der Waals surface area contributed by atoms with Gasteiger partial charge in [0.05, 0.1) is 5.92 Å². The molecule has 6 heteroatoms. The van der Waals surface area contributed by atoms with Gasteiger partial charge in [0.2, 0.25) is 5.91 Å². The van der Waals surface area contributed by atoms with Gasteiger partial charge in [-0.15, -0.1) is 0 Å². The van der Waals surface area contributed by atoms with Gasteiger partial charge in [0, 0.05) is 29.4 Å². The summed E-state index contributed by atoms with van der Waals surface area (Å²) in [6.45, 7) is 0.518. The first-order valence-electron chi connectivity index (χ1n) is 7.66. The molecule has 122 valence electrons. The van der Waals surface area contributed by atoms with E-state index in [0.717, 1.165) is 5.56 Å². The fourth-order valence-electron chi connectivity index (χ4n) is 3.50. The van der Waals surface area contributed by atoms with Gasteiger partial charge in [-0.3, -0.25) is 9.59 Å². The number of amides is 2. The third-order valence-electron chi connectivity index (χ3n) is 4.70. The van der Waals surface area contributed by atoms with Crippen molar-refractivity contribution in [1.29, 1.82) is 0 Å². The van der Waals surface area contributed by atoms with Crippen molar-refractivity contribution >= 4 is 29.1 Å². The van der Waals surface area contributed by atoms with Crippen molar-refractivity contribution < 1.29 is 14.7 Å². The third-order valence-corrected chi connectivity index (χ3v) is 4.94. The van der Waals surface area contributed by atoms with E-state index in [1.807, 2.05) is 30.3 Å². The zero-order chi connectivity index (χ0) is 16.9. The van der Waals surface area contributed by atoms with Gasteiger partial charge >= 0.3 is 0 Å². The lowest BCUT2D eigenvalue weighted by Gasteiger charge is -2.33. The summed E-state index contributed by atoms with van der Waals surface area (Å²) in [6, 6.07) is 14.3. The summed E-state index contributed by atoms with van der Waals surface area (Å²) in [6.07, 6.45) is 0. The topological polar surface area (TPSA) is 69.6 Å². The molecule has 0 saturated carbocycles. The van der Waals surface area contributed by atoms with E-state index in [-0.39, 0.29) is 12.5 Å². The maximum absolute atomic E-state index is 12.9.